The maximum Gasteiger partial charge on any atom is 0.404 e. The van der Waals surface area contributed by atoms with Gasteiger partial charge in [-0.2, -0.15) is 0 Å². The first kappa shape index (κ1) is 10.4. The number of amides is 1. The topological polar surface area (TPSA) is 52.3 Å². The van der Waals surface area contributed by atoms with Crippen molar-refractivity contribution in [2.45, 2.75) is 6.92 Å². The molecule has 2 N–H and O–H groups in total. The largest absolute Gasteiger partial charge is 0.450 e. The van der Waals surface area contributed by atoms with Crippen molar-refractivity contribution in [3.05, 3.63) is 0 Å². The Labute approximate surface area is 53.8 Å². The number of ether oxygens (including phenoxy) is 1. The molecule has 4 heteroatoms. The van der Waals surface area contributed by atoms with Crippen molar-refractivity contribution in [3.8, 4) is 0 Å². The molecule has 0 aromatic rings. The maximum absolute atomic E-state index is 9.60. The second-order valence-corrected chi connectivity index (χ2v) is 0.752. The van der Waals surface area contributed by atoms with Crippen molar-refractivity contribution in [2.24, 2.45) is 5.73 Å². The summed E-state index contributed by atoms with van der Waals surface area (Å²) in [4.78, 5) is 9.60. The van der Waals surface area contributed by atoms with Gasteiger partial charge in [-0.3, -0.25) is 0 Å². The van der Waals surface area contributed by atoms with Gasteiger partial charge in [0.2, 0.25) is 0 Å². The third kappa shape index (κ3) is 18.3. The predicted octanol–water partition coefficient (Wildman–Crippen LogP) is 0.718. The van der Waals surface area contributed by atoms with Gasteiger partial charge in [-0.05, 0) is 12.8 Å². The van der Waals surface area contributed by atoms with E-state index in [1.807, 2.05) is 0 Å². The van der Waals surface area contributed by atoms with E-state index in [0.717, 1.165) is 0 Å². The van der Waals surface area contributed by atoms with Gasteiger partial charge in [0, 0.05) is 0 Å². The van der Waals surface area contributed by atoms with Crippen LogP contribution in [0.4, 0.5) is 4.79 Å². The number of thiocarbonyl (C=S) groups is 1. The van der Waals surface area contributed by atoms with Gasteiger partial charge in [0.05, 0.1) is 6.61 Å². The molecule has 0 aromatic carbocycles. The monoisotopic (exact) mass is 135 g/mol. The Morgan fingerprint density at radius 2 is 2.25 bits per heavy atom. The van der Waals surface area contributed by atoms with E-state index in [1.54, 1.807) is 6.92 Å². The van der Waals surface area contributed by atoms with Crippen LogP contribution in [-0.2, 0) is 4.74 Å². The van der Waals surface area contributed by atoms with E-state index in [0.29, 0.717) is 6.61 Å². The van der Waals surface area contributed by atoms with Gasteiger partial charge in [0.1, 0.15) is 0 Å². The van der Waals surface area contributed by atoms with Crippen LogP contribution < -0.4 is 5.73 Å². The number of hydrogen-bond acceptors (Lipinski definition) is 3. The average molecular weight is 135 g/mol. The van der Waals surface area contributed by atoms with Crippen molar-refractivity contribution < 1.29 is 9.53 Å². The Morgan fingerprint density at radius 1 is 1.88 bits per heavy atom. The Bertz CT molecular complexity index is 67.1. The number of rotatable bonds is 1. The zero-order chi connectivity index (χ0) is 6.99. The van der Waals surface area contributed by atoms with Crippen molar-refractivity contribution in [3.63, 3.8) is 0 Å². The lowest BCUT2D eigenvalue weighted by atomic mass is 10.9. The highest BCUT2D eigenvalue weighted by molar-refractivity contribution is 7.77. The Morgan fingerprint density at radius 3 is 2.25 bits per heavy atom. The van der Waals surface area contributed by atoms with E-state index >= 15 is 0 Å². The molecule has 0 spiro atoms. The first-order chi connectivity index (χ1) is 3.77. The number of carbonyl (C=O) groups excluding carboxylic acids is 1. The second-order valence-electron chi connectivity index (χ2n) is 0.752. The Balaban J connectivity index is 0. The Hall–Kier alpha value is -0.640. The smallest absolute Gasteiger partial charge is 0.404 e. The van der Waals surface area contributed by atoms with Crippen molar-refractivity contribution in [2.75, 3.05) is 6.61 Å². The summed E-state index contributed by atoms with van der Waals surface area (Å²) in [6.07, 6.45) is -0.711. The van der Waals surface area contributed by atoms with E-state index in [9.17, 15) is 4.79 Å². The van der Waals surface area contributed by atoms with Crippen LogP contribution in [0.2, 0.25) is 0 Å². The van der Waals surface area contributed by atoms with E-state index in [2.05, 4.69) is 28.6 Å². The lowest BCUT2D eigenvalue weighted by Crippen LogP contribution is -2.11. The summed E-state index contributed by atoms with van der Waals surface area (Å²) in [5.74, 6) is 2.83. The zero-order valence-corrected chi connectivity index (χ0v) is 5.53. The molecule has 0 radical (unpaired) electrons. The van der Waals surface area contributed by atoms with Crippen LogP contribution >= 0.6 is 12.2 Å². The molecule has 0 saturated carbocycles. The van der Waals surface area contributed by atoms with Gasteiger partial charge >= 0.3 is 6.09 Å². The number of hydrogen-bond donors (Lipinski definition) is 1. The normalized spacial score (nSPS) is 6.12. The molecule has 3 nitrogen and oxygen atoms in total. The van der Waals surface area contributed by atoms with Crippen LogP contribution in [0.1, 0.15) is 6.92 Å². The maximum atomic E-state index is 9.60. The molecule has 0 fully saturated rings. The molecule has 0 aliphatic rings. The molecular weight excluding hydrogens is 126 g/mol. The first-order valence-corrected chi connectivity index (χ1v) is 2.56. The molecule has 0 aliphatic heterocycles. The van der Waals surface area contributed by atoms with Crippen LogP contribution in [0.3, 0.4) is 0 Å². The molecule has 8 heavy (non-hydrogen) atoms. The molecule has 0 aliphatic carbocycles. The molecule has 1 amide bonds. The fourth-order valence-corrected chi connectivity index (χ4v) is 0.142. The number of carbonyl (C=O) groups is 1. The molecule has 48 valence electrons. The van der Waals surface area contributed by atoms with E-state index < -0.39 is 6.09 Å². The van der Waals surface area contributed by atoms with Crippen molar-refractivity contribution in [1.29, 1.82) is 0 Å². The minimum atomic E-state index is -0.711. The van der Waals surface area contributed by atoms with E-state index in [-0.39, 0.29) is 0 Å². The summed E-state index contributed by atoms with van der Waals surface area (Å²) in [6.45, 7) is 2.06. The quantitative estimate of drug-likeness (QED) is 0.539. The standard InChI is InChI=1S/C3H7NO2.CH2S/c1-2-6-3(4)5;1-2/h2H2,1H3,(H2,4,5);1H2. The lowest BCUT2D eigenvalue weighted by Gasteiger charge is -1.89. The van der Waals surface area contributed by atoms with Gasteiger partial charge in [-0.25, -0.2) is 4.79 Å². The molecule has 0 saturated heterocycles. The highest BCUT2D eigenvalue weighted by Gasteiger charge is 1.82. The van der Waals surface area contributed by atoms with Crippen LogP contribution in [0.5, 0.6) is 0 Å². The molecular formula is C4H9NO2S. The van der Waals surface area contributed by atoms with Crippen LogP contribution in [0.15, 0.2) is 0 Å². The first-order valence-electron chi connectivity index (χ1n) is 1.98. The van der Waals surface area contributed by atoms with E-state index in [1.165, 1.54) is 0 Å². The third-order valence-corrected chi connectivity index (χ3v) is 0.287. The number of nitrogens with two attached hydrogens (primary N) is 1. The summed E-state index contributed by atoms with van der Waals surface area (Å²) in [5, 5.41) is 0. The van der Waals surface area contributed by atoms with E-state index in [4.69, 9.17) is 0 Å². The molecule has 0 unspecified atom stereocenters. The molecule has 0 rings (SSSR count). The SMILES string of the molecule is C=S.CCOC(N)=O. The third-order valence-electron chi connectivity index (χ3n) is 0.287. The minimum Gasteiger partial charge on any atom is -0.450 e. The summed E-state index contributed by atoms with van der Waals surface area (Å²) < 4.78 is 4.18. The average Bonchev–Trinajstić information content (AvgIpc) is 1.72. The van der Waals surface area contributed by atoms with Gasteiger partial charge in [0.25, 0.3) is 0 Å². The molecule has 0 aromatic heterocycles. The van der Waals surface area contributed by atoms with Gasteiger partial charge in [-0.1, -0.05) is 12.2 Å². The van der Waals surface area contributed by atoms with Crippen molar-refractivity contribution in [1.82, 2.24) is 0 Å². The zero-order valence-electron chi connectivity index (χ0n) is 4.72. The summed E-state index contributed by atoms with van der Waals surface area (Å²) in [5.41, 5.74) is 4.54. The second kappa shape index (κ2) is 9.61. The van der Waals surface area contributed by atoms with Crippen LogP contribution in [0, 0.1) is 0 Å². The van der Waals surface area contributed by atoms with Crippen molar-refractivity contribution >= 4 is 24.2 Å². The highest BCUT2D eigenvalue weighted by atomic mass is 32.1. The Kier molecular flexibility index (Phi) is 12.5. The molecule has 0 atom stereocenters. The van der Waals surface area contributed by atoms with Crippen LogP contribution in [-0.4, -0.2) is 18.6 Å². The molecule has 0 bridgehead atoms. The summed E-state index contributed by atoms with van der Waals surface area (Å²) >= 11 is 3.83. The molecule has 0 heterocycles. The summed E-state index contributed by atoms with van der Waals surface area (Å²) in [6, 6.07) is 0. The number of primary amides is 1. The highest BCUT2D eigenvalue weighted by Crippen LogP contribution is 1.66. The van der Waals surface area contributed by atoms with Gasteiger partial charge < -0.3 is 10.5 Å². The predicted molar refractivity (Wildman–Crippen MR) is 35.9 cm³/mol. The van der Waals surface area contributed by atoms with Gasteiger partial charge in [-0.15, -0.1) is 0 Å². The fraction of sp³-hybridized carbons (Fsp3) is 0.500. The van der Waals surface area contributed by atoms with Gasteiger partial charge in [0.15, 0.2) is 0 Å². The lowest BCUT2D eigenvalue weighted by molar-refractivity contribution is 0.163. The van der Waals surface area contributed by atoms with Crippen LogP contribution in [0.25, 0.3) is 0 Å². The minimum absolute atomic E-state index is 0.356. The summed E-state index contributed by atoms with van der Waals surface area (Å²) in [7, 11) is 0. The fourth-order valence-electron chi connectivity index (χ4n) is 0.142.